The van der Waals surface area contributed by atoms with Crippen molar-refractivity contribution in [2.24, 2.45) is 5.41 Å². The van der Waals surface area contributed by atoms with Crippen LogP contribution in [-0.4, -0.2) is 41.9 Å². The number of carbonyl (C=O) groups excluding carboxylic acids is 1. The molecule has 1 unspecified atom stereocenters. The predicted octanol–water partition coefficient (Wildman–Crippen LogP) is 2.01. The SMILES string of the molecule is CCC(OC)/C(=C/C(=O)C(C)(C)C)[O][Sn]. The van der Waals surface area contributed by atoms with Gasteiger partial charge in [-0.25, -0.2) is 0 Å². The van der Waals surface area contributed by atoms with Gasteiger partial charge in [0.1, 0.15) is 0 Å². The van der Waals surface area contributed by atoms with Crippen LogP contribution < -0.4 is 0 Å². The van der Waals surface area contributed by atoms with Gasteiger partial charge in [-0.2, -0.15) is 0 Å². The minimum atomic E-state index is -0.369. The van der Waals surface area contributed by atoms with Crippen molar-refractivity contribution in [3.05, 3.63) is 11.8 Å². The molecule has 0 aromatic rings. The van der Waals surface area contributed by atoms with Crippen molar-refractivity contribution in [2.45, 2.75) is 40.2 Å². The van der Waals surface area contributed by atoms with E-state index in [1.54, 1.807) is 13.2 Å². The monoisotopic (exact) mass is 319 g/mol. The Morgan fingerprint density at radius 3 is 2.27 bits per heavy atom. The average Bonchev–Trinajstić information content (AvgIpc) is 2.16. The Bertz CT molecular complexity index is 237. The van der Waals surface area contributed by atoms with E-state index in [-0.39, 0.29) is 17.3 Å². The summed E-state index contributed by atoms with van der Waals surface area (Å²) in [7, 11) is 1.62. The number of carbonyl (C=O) groups is 1. The third-order valence-electron chi connectivity index (χ3n) is 2.10. The van der Waals surface area contributed by atoms with Crippen LogP contribution in [0.15, 0.2) is 11.8 Å². The molecule has 3 radical (unpaired) electrons. The Morgan fingerprint density at radius 1 is 1.47 bits per heavy atom. The first kappa shape index (κ1) is 15.0. The number of hydrogen-bond donors (Lipinski definition) is 0. The summed E-state index contributed by atoms with van der Waals surface area (Å²) < 4.78 is 10.5. The van der Waals surface area contributed by atoms with Crippen LogP contribution >= 0.6 is 0 Å². The number of ether oxygens (including phenoxy) is 1. The van der Waals surface area contributed by atoms with Crippen LogP contribution in [0.1, 0.15) is 34.1 Å². The fourth-order valence-corrected chi connectivity index (χ4v) is 1.56. The summed E-state index contributed by atoms with van der Waals surface area (Å²) in [6.45, 7) is 7.67. The van der Waals surface area contributed by atoms with Crippen molar-refractivity contribution in [3.8, 4) is 0 Å². The summed E-state index contributed by atoms with van der Waals surface area (Å²) in [4.78, 5) is 11.8. The van der Waals surface area contributed by atoms with E-state index < -0.39 is 0 Å². The van der Waals surface area contributed by atoms with E-state index >= 15 is 0 Å². The third kappa shape index (κ3) is 5.02. The van der Waals surface area contributed by atoms with Crippen LogP contribution in [-0.2, 0) is 12.6 Å². The summed E-state index contributed by atoms with van der Waals surface area (Å²) in [6, 6.07) is 0. The van der Waals surface area contributed by atoms with Crippen LogP contribution in [0.4, 0.5) is 0 Å². The average molecular weight is 318 g/mol. The van der Waals surface area contributed by atoms with E-state index in [0.717, 1.165) is 29.4 Å². The van der Waals surface area contributed by atoms with Gasteiger partial charge in [0.05, 0.1) is 0 Å². The van der Waals surface area contributed by atoms with Crippen LogP contribution in [0.5, 0.6) is 0 Å². The summed E-state index contributed by atoms with van der Waals surface area (Å²) in [5, 5.41) is 0. The van der Waals surface area contributed by atoms with Crippen molar-refractivity contribution < 1.29 is 12.6 Å². The molecule has 0 bridgehead atoms. The number of hydrogen-bond acceptors (Lipinski definition) is 3. The Kier molecular flexibility index (Phi) is 6.52. The van der Waals surface area contributed by atoms with E-state index in [9.17, 15) is 4.79 Å². The number of methoxy groups -OCH3 is 1. The van der Waals surface area contributed by atoms with Crippen LogP contribution in [0.2, 0.25) is 0 Å². The summed E-state index contributed by atoms with van der Waals surface area (Å²) in [6.07, 6.45) is 2.25. The molecular weight excluding hydrogens is 299 g/mol. The molecule has 0 heterocycles. The minimum absolute atomic E-state index is 0.0652. The molecule has 0 fully saturated rings. The molecule has 1 atom stereocenters. The van der Waals surface area contributed by atoms with E-state index in [1.165, 1.54) is 0 Å². The topological polar surface area (TPSA) is 35.5 Å². The van der Waals surface area contributed by atoms with Gasteiger partial charge < -0.3 is 0 Å². The van der Waals surface area contributed by atoms with Crippen molar-refractivity contribution in [1.29, 1.82) is 0 Å². The van der Waals surface area contributed by atoms with Gasteiger partial charge in [0.2, 0.25) is 0 Å². The van der Waals surface area contributed by atoms with Crippen LogP contribution in [0.25, 0.3) is 0 Å². The quantitative estimate of drug-likeness (QED) is 0.442. The van der Waals surface area contributed by atoms with Gasteiger partial charge in [0.25, 0.3) is 0 Å². The second-order valence-corrected chi connectivity index (χ2v) is 4.98. The van der Waals surface area contributed by atoms with E-state index in [2.05, 4.69) is 0 Å². The Balaban J connectivity index is 4.80. The van der Waals surface area contributed by atoms with E-state index in [1.807, 2.05) is 27.7 Å². The summed E-state index contributed by atoms with van der Waals surface area (Å²) in [5.41, 5.74) is -0.369. The fraction of sp³-hybridized carbons (Fsp3) is 0.727. The zero-order valence-electron chi connectivity index (χ0n) is 10.1. The van der Waals surface area contributed by atoms with Gasteiger partial charge in [-0.05, 0) is 0 Å². The van der Waals surface area contributed by atoms with Crippen molar-refractivity contribution >= 4 is 28.7 Å². The molecule has 0 N–H and O–H groups in total. The van der Waals surface area contributed by atoms with Gasteiger partial charge in [0, 0.05) is 0 Å². The molecule has 0 saturated heterocycles. The first-order valence-corrected chi connectivity index (χ1v) is 6.15. The zero-order chi connectivity index (χ0) is 12.1. The van der Waals surface area contributed by atoms with E-state index in [0.29, 0.717) is 5.76 Å². The third-order valence-corrected chi connectivity index (χ3v) is 2.78. The van der Waals surface area contributed by atoms with Crippen LogP contribution in [0.3, 0.4) is 0 Å². The predicted molar refractivity (Wildman–Crippen MR) is 60.5 cm³/mol. The maximum absolute atomic E-state index is 11.8. The number of ketones is 1. The molecule has 0 saturated carbocycles. The van der Waals surface area contributed by atoms with Gasteiger partial charge in [-0.3, -0.25) is 0 Å². The fourth-order valence-electron chi connectivity index (χ4n) is 1.02. The molecule has 15 heavy (non-hydrogen) atoms. The van der Waals surface area contributed by atoms with Gasteiger partial charge in [0.15, 0.2) is 0 Å². The molecule has 0 aromatic carbocycles. The molecule has 85 valence electrons. The molecule has 0 rings (SSSR count). The number of rotatable bonds is 5. The first-order valence-electron chi connectivity index (χ1n) is 4.99. The second kappa shape index (κ2) is 6.53. The molecule has 0 aliphatic heterocycles. The normalized spacial score (nSPS) is 14.9. The molecule has 0 aliphatic rings. The van der Waals surface area contributed by atoms with Crippen molar-refractivity contribution in [1.82, 2.24) is 0 Å². The van der Waals surface area contributed by atoms with Gasteiger partial charge in [-0.15, -0.1) is 0 Å². The molecule has 3 nitrogen and oxygen atoms in total. The summed E-state index contributed by atoms with van der Waals surface area (Å²) >= 11 is 0.919. The molecule has 4 heteroatoms. The number of allylic oxidation sites excluding steroid dienone is 1. The Morgan fingerprint density at radius 2 is 2.00 bits per heavy atom. The second-order valence-electron chi connectivity index (χ2n) is 4.40. The maximum atomic E-state index is 11.8. The molecule has 0 spiro atoms. The molecular formula is C11H19O3Sn. The van der Waals surface area contributed by atoms with Crippen molar-refractivity contribution in [3.63, 3.8) is 0 Å². The van der Waals surface area contributed by atoms with Gasteiger partial charge >= 0.3 is 106 Å². The summed E-state index contributed by atoms with van der Waals surface area (Å²) in [5.74, 6) is 0.702. The standard InChI is InChI=1S/C11H20O3.Sn/c1-6-9(14-5)8(12)7-10(13)11(2,3)4;/h7,9,12H,6H2,1-5H3;/q;+1/p-1/b8-7-;. The zero-order valence-corrected chi connectivity index (χ0v) is 12.9. The van der Waals surface area contributed by atoms with Crippen LogP contribution in [0, 0.1) is 5.41 Å². The molecule has 0 aromatic heterocycles. The first-order chi connectivity index (χ1) is 6.86. The molecule has 0 amide bonds. The van der Waals surface area contributed by atoms with Crippen molar-refractivity contribution in [2.75, 3.05) is 7.11 Å². The Labute approximate surface area is 106 Å². The Hall–Kier alpha value is -0.0313. The van der Waals surface area contributed by atoms with E-state index in [4.69, 9.17) is 7.81 Å². The molecule has 0 aliphatic carbocycles. The van der Waals surface area contributed by atoms with Gasteiger partial charge in [-0.1, -0.05) is 0 Å².